The Morgan fingerprint density at radius 3 is 2.44 bits per heavy atom. The molecule has 1 heterocycles. The first-order valence-electron chi connectivity index (χ1n) is 10.6. The van der Waals surface area contributed by atoms with Gasteiger partial charge in [0.25, 0.3) is 11.7 Å². The second-order valence-corrected chi connectivity index (χ2v) is 7.83. The fraction of sp³-hybridized carbons (Fsp3) is 0.185. The number of hydrogen-bond donors (Lipinski definition) is 1. The van der Waals surface area contributed by atoms with Crippen LogP contribution in [0.3, 0.4) is 0 Å². The van der Waals surface area contributed by atoms with Gasteiger partial charge in [-0.3, -0.25) is 14.5 Å². The van der Waals surface area contributed by atoms with Crippen molar-refractivity contribution < 1.29 is 19.4 Å². The molecule has 3 aromatic carbocycles. The molecular formula is C27H25NO4. The van der Waals surface area contributed by atoms with Crippen LogP contribution in [0.15, 0.2) is 78.4 Å². The van der Waals surface area contributed by atoms with Crippen molar-refractivity contribution in [1.29, 1.82) is 0 Å². The second-order valence-electron chi connectivity index (χ2n) is 7.83. The highest BCUT2D eigenvalue weighted by molar-refractivity contribution is 6.51. The molecule has 1 N–H and O–H groups in total. The predicted molar refractivity (Wildman–Crippen MR) is 125 cm³/mol. The standard InChI is InChI=1S/C27H25NO4/c1-4-32-21-13-8-12-20(16-21)25(29)23-24(19-11-7-9-17(2)15-19)28(27(31)26(23)30)22-14-6-5-10-18(22)3/h5-16,24,29H,4H2,1-3H3/b25-23-. The van der Waals surface area contributed by atoms with E-state index in [0.717, 1.165) is 16.7 Å². The van der Waals surface area contributed by atoms with Crippen LogP contribution in [-0.4, -0.2) is 23.4 Å². The number of nitrogens with zero attached hydrogens (tertiary/aromatic N) is 1. The zero-order valence-corrected chi connectivity index (χ0v) is 18.3. The molecule has 5 nitrogen and oxygen atoms in total. The molecule has 1 saturated heterocycles. The molecule has 1 unspecified atom stereocenters. The van der Waals surface area contributed by atoms with Crippen molar-refractivity contribution in [3.8, 4) is 5.75 Å². The van der Waals surface area contributed by atoms with Crippen molar-refractivity contribution in [2.75, 3.05) is 11.5 Å². The normalized spacial score (nSPS) is 17.6. The number of carbonyl (C=O) groups is 2. The number of amides is 1. The lowest BCUT2D eigenvalue weighted by Gasteiger charge is -2.27. The molecule has 0 saturated carbocycles. The van der Waals surface area contributed by atoms with E-state index in [1.54, 1.807) is 24.3 Å². The summed E-state index contributed by atoms with van der Waals surface area (Å²) >= 11 is 0. The van der Waals surface area contributed by atoms with Crippen molar-refractivity contribution in [1.82, 2.24) is 0 Å². The number of carbonyl (C=O) groups excluding carboxylic acids is 2. The summed E-state index contributed by atoms with van der Waals surface area (Å²) in [6.07, 6.45) is 0. The van der Waals surface area contributed by atoms with Crippen LogP contribution in [0.5, 0.6) is 5.75 Å². The third-order valence-corrected chi connectivity index (χ3v) is 5.60. The maximum absolute atomic E-state index is 13.3. The summed E-state index contributed by atoms with van der Waals surface area (Å²) in [5.41, 5.74) is 3.76. The van der Waals surface area contributed by atoms with Gasteiger partial charge in [-0.2, -0.15) is 0 Å². The van der Waals surface area contributed by atoms with Crippen molar-refractivity contribution in [2.45, 2.75) is 26.8 Å². The van der Waals surface area contributed by atoms with Crippen LogP contribution >= 0.6 is 0 Å². The lowest BCUT2D eigenvalue weighted by molar-refractivity contribution is -0.132. The summed E-state index contributed by atoms with van der Waals surface area (Å²) < 4.78 is 5.54. The molecule has 1 amide bonds. The number of benzene rings is 3. The van der Waals surface area contributed by atoms with Gasteiger partial charge >= 0.3 is 0 Å². The Labute approximate surface area is 187 Å². The number of rotatable bonds is 5. The van der Waals surface area contributed by atoms with Gasteiger partial charge in [-0.05, 0) is 50.1 Å². The smallest absolute Gasteiger partial charge is 0.300 e. The second kappa shape index (κ2) is 8.71. The first-order chi connectivity index (χ1) is 15.4. The number of ketones is 1. The van der Waals surface area contributed by atoms with E-state index in [-0.39, 0.29) is 11.3 Å². The topological polar surface area (TPSA) is 66.8 Å². The molecule has 5 heteroatoms. The lowest BCUT2D eigenvalue weighted by Crippen LogP contribution is -2.30. The fourth-order valence-electron chi connectivity index (χ4n) is 4.13. The summed E-state index contributed by atoms with van der Waals surface area (Å²) in [5.74, 6) is -1.00. The molecule has 162 valence electrons. The van der Waals surface area contributed by atoms with Crippen LogP contribution in [0.2, 0.25) is 0 Å². The Morgan fingerprint density at radius 2 is 1.72 bits per heavy atom. The molecule has 1 aliphatic rings. The monoisotopic (exact) mass is 427 g/mol. The quantitative estimate of drug-likeness (QED) is 0.340. The molecule has 4 rings (SSSR count). The molecule has 0 bridgehead atoms. The number of anilines is 1. The van der Waals surface area contributed by atoms with E-state index < -0.39 is 17.7 Å². The summed E-state index contributed by atoms with van der Waals surface area (Å²) in [6.45, 7) is 6.20. The molecule has 32 heavy (non-hydrogen) atoms. The molecule has 3 aromatic rings. The Hall–Kier alpha value is -3.86. The highest BCUT2D eigenvalue weighted by Gasteiger charge is 2.47. The maximum atomic E-state index is 13.3. The van der Waals surface area contributed by atoms with Crippen molar-refractivity contribution >= 4 is 23.1 Å². The largest absolute Gasteiger partial charge is 0.507 e. The minimum Gasteiger partial charge on any atom is -0.507 e. The van der Waals surface area contributed by atoms with Gasteiger partial charge in [-0.1, -0.05) is 60.2 Å². The molecule has 1 fully saturated rings. The van der Waals surface area contributed by atoms with E-state index in [0.29, 0.717) is 23.6 Å². The minimum absolute atomic E-state index is 0.0671. The highest BCUT2D eigenvalue weighted by atomic mass is 16.5. The van der Waals surface area contributed by atoms with Crippen LogP contribution in [-0.2, 0) is 9.59 Å². The Balaban J connectivity index is 1.95. The number of ether oxygens (including phenoxy) is 1. The molecule has 0 radical (unpaired) electrons. The van der Waals surface area contributed by atoms with Gasteiger partial charge in [0.15, 0.2) is 0 Å². The van der Waals surface area contributed by atoms with Crippen molar-refractivity contribution in [3.05, 3.63) is 101 Å². The summed E-state index contributed by atoms with van der Waals surface area (Å²) in [6, 6.07) is 21.2. The van der Waals surface area contributed by atoms with Gasteiger partial charge in [-0.15, -0.1) is 0 Å². The number of hydrogen-bond acceptors (Lipinski definition) is 4. The van der Waals surface area contributed by atoms with Crippen LogP contribution in [0.1, 0.15) is 35.2 Å². The minimum atomic E-state index is -0.744. The third kappa shape index (κ3) is 3.78. The van der Waals surface area contributed by atoms with Crippen LogP contribution in [0, 0.1) is 13.8 Å². The Bertz CT molecular complexity index is 1230. The first kappa shape index (κ1) is 21.4. The predicted octanol–water partition coefficient (Wildman–Crippen LogP) is 5.33. The van der Waals surface area contributed by atoms with Gasteiger partial charge < -0.3 is 9.84 Å². The first-order valence-corrected chi connectivity index (χ1v) is 10.6. The summed E-state index contributed by atoms with van der Waals surface area (Å²) in [4.78, 5) is 28.0. The number of Topliss-reactive ketones (excluding diaryl/α,β-unsaturated/α-hetero) is 1. The Morgan fingerprint density at radius 1 is 0.969 bits per heavy atom. The van der Waals surface area contributed by atoms with E-state index in [4.69, 9.17) is 4.74 Å². The van der Waals surface area contributed by atoms with E-state index in [1.165, 1.54) is 4.90 Å². The average molecular weight is 428 g/mol. The van der Waals surface area contributed by atoms with E-state index in [9.17, 15) is 14.7 Å². The SMILES string of the molecule is CCOc1cccc(/C(O)=C2/C(=O)C(=O)N(c3ccccc3C)C2c2cccc(C)c2)c1. The molecule has 0 spiro atoms. The van der Waals surface area contributed by atoms with Crippen LogP contribution in [0.4, 0.5) is 5.69 Å². The van der Waals surface area contributed by atoms with Crippen LogP contribution in [0.25, 0.3) is 5.76 Å². The maximum Gasteiger partial charge on any atom is 0.300 e. The van der Waals surface area contributed by atoms with Crippen LogP contribution < -0.4 is 9.64 Å². The molecule has 1 atom stereocenters. The number of aliphatic hydroxyl groups is 1. The Kier molecular flexibility index (Phi) is 5.82. The fourth-order valence-corrected chi connectivity index (χ4v) is 4.13. The van der Waals surface area contributed by atoms with Gasteiger partial charge in [0, 0.05) is 11.3 Å². The average Bonchev–Trinajstić information content (AvgIpc) is 3.05. The molecular weight excluding hydrogens is 402 g/mol. The van der Waals surface area contributed by atoms with Crippen molar-refractivity contribution in [2.24, 2.45) is 0 Å². The third-order valence-electron chi connectivity index (χ3n) is 5.60. The zero-order chi connectivity index (χ0) is 22.8. The summed E-state index contributed by atoms with van der Waals surface area (Å²) in [7, 11) is 0. The highest BCUT2D eigenvalue weighted by Crippen LogP contribution is 2.43. The lowest BCUT2D eigenvalue weighted by atomic mass is 9.94. The molecule has 1 aliphatic heterocycles. The molecule has 0 aliphatic carbocycles. The van der Waals surface area contributed by atoms with Gasteiger partial charge in [0.1, 0.15) is 11.5 Å². The van der Waals surface area contributed by atoms with Gasteiger partial charge in [0.05, 0.1) is 18.2 Å². The van der Waals surface area contributed by atoms with E-state index in [1.807, 2.05) is 69.3 Å². The van der Waals surface area contributed by atoms with Crippen molar-refractivity contribution in [3.63, 3.8) is 0 Å². The van der Waals surface area contributed by atoms with Gasteiger partial charge in [-0.25, -0.2) is 0 Å². The number of aliphatic hydroxyl groups excluding tert-OH is 1. The van der Waals surface area contributed by atoms with E-state index >= 15 is 0 Å². The summed E-state index contributed by atoms with van der Waals surface area (Å²) in [5, 5.41) is 11.3. The van der Waals surface area contributed by atoms with E-state index in [2.05, 4.69) is 0 Å². The number of aryl methyl sites for hydroxylation is 2. The zero-order valence-electron chi connectivity index (χ0n) is 18.3. The van der Waals surface area contributed by atoms with Gasteiger partial charge in [0.2, 0.25) is 0 Å². The number of para-hydroxylation sites is 1. The molecule has 0 aromatic heterocycles.